The monoisotopic (exact) mass is 291 g/mol. The Morgan fingerprint density at radius 1 is 1.33 bits per heavy atom. The maximum absolute atomic E-state index is 13.0. The van der Waals surface area contributed by atoms with Gasteiger partial charge in [0.2, 0.25) is 0 Å². The van der Waals surface area contributed by atoms with Gasteiger partial charge in [-0.15, -0.1) is 0 Å². The zero-order valence-corrected chi connectivity index (χ0v) is 13.1. The Bertz CT molecular complexity index is 450. The molecular weight excluding hydrogens is 265 g/mol. The molecule has 2 fully saturated rings. The average molecular weight is 291 g/mol. The van der Waals surface area contributed by atoms with Crippen LogP contribution in [0.4, 0.5) is 4.39 Å². The zero-order chi connectivity index (χ0) is 14.8. The van der Waals surface area contributed by atoms with Crippen LogP contribution in [0.1, 0.15) is 37.9 Å². The molecule has 3 rings (SSSR count). The summed E-state index contributed by atoms with van der Waals surface area (Å²) in [6.07, 6.45) is 5.58. The second-order valence-electron chi connectivity index (χ2n) is 6.81. The molecule has 1 saturated heterocycles. The van der Waals surface area contributed by atoms with Gasteiger partial charge in [0.25, 0.3) is 0 Å². The van der Waals surface area contributed by atoms with Crippen LogP contribution in [0, 0.1) is 23.6 Å². The minimum Gasteiger partial charge on any atom is -0.311 e. The van der Waals surface area contributed by atoms with Crippen molar-refractivity contribution in [2.75, 3.05) is 26.7 Å². The predicted octanol–water partition coefficient (Wildman–Crippen LogP) is 2.85. The maximum Gasteiger partial charge on any atom is 0.141 e. The first-order valence-electron chi connectivity index (χ1n) is 8.18. The largest absolute Gasteiger partial charge is 0.311 e. The molecule has 4 atom stereocenters. The first kappa shape index (κ1) is 14.9. The molecule has 2 heterocycles. The molecular formula is C17H26FN3. The number of halogens is 1. The molecule has 0 radical (unpaired) electrons. The van der Waals surface area contributed by atoms with Crippen molar-refractivity contribution in [1.82, 2.24) is 15.2 Å². The lowest BCUT2D eigenvalue weighted by Crippen LogP contribution is -2.34. The number of nitrogens with zero attached hydrogens (tertiary/aromatic N) is 2. The molecule has 4 unspecified atom stereocenters. The Hall–Kier alpha value is -1.00. The summed E-state index contributed by atoms with van der Waals surface area (Å²) in [4.78, 5) is 6.86. The molecule has 3 nitrogen and oxygen atoms in total. The third-order valence-electron chi connectivity index (χ3n) is 5.30. The molecule has 21 heavy (non-hydrogen) atoms. The van der Waals surface area contributed by atoms with Crippen molar-refractivity contribution >= 4 is 0 Å². The molecule has 0 bridgehead atoms. The van der Waals surface area contributed by atoms with Crippen LogP contribution in [0.15, 0.2) is 18.3 Å². The fourth-order valence-electron chi connectivity index (χ4n) is 4.29. The van der Waals surface area contributed by atoms with Crippen molar-refractivity contribution < 1.29 is 4.39 Å². The van der Waals surface area contributed by atoms with E-state index in [0.29, 0.717) is 5.92 Å². The van der Waals surface area contributed by atoms with Crippen molar-refractivity contribution in [3.63, 3.8) is 0 Å². The predicted molar refractivity (Wildman–Crippen MR) is 82.4 cm³/mol. The number of hydrogen-bond acceptors (Lipinski definition) is 3. The zero-order valence-electron chi connectivity index (χ0n) is 13.1. The number of rotatable bonds is 5. The van der Waals surface area contributed by atoms with E-state index in [9.17, 15) is 4.39 Å². The van der Waals surface area contributed by atoms with Crippen molar-refractivity contribution in [2.24, 2.45) is 17.8 Å². The lowest BCUT2D eigenvalue weighted by atomic mass is 9.97. The number of likely N-dealkylation sites (tertiary alicyclic amines) is 1. The van der Waals surface area contributed by atoms with E-state index in [1.165, 1.54) is 44.6 Å². The summed E-state index contributed by atoms with van der Waals surface area (Å²) in [7, 11) is 1.96. The third-order valence-corrected chi connectivity index (χ3v) is 5.30. The number of fused-ring (bicyclic) bond motifs is 1. The topological polar surface area (TPSA) is 28.2 Å². The molecule has 1 aliphatic heterocycles. The fraction of sp³-hybridized carbons (Fsp3) is 0.706. The number of pyridine rings is 1. The van der Waals surface area contributed by atoms with Gasteiger partial charge in [-0.25, -0.2) is 4.39 Å². The molecule has 0 amide bonds. The van der Waals surface area contributed by atoms with E-state index in [1.54, 1.807) is 6.07 Å². The standard InChI is InChI=1S/C17H26FN3/c1-12(9-21-10-13-4-3-5-14(13)11-21)17(19-2)16-7-6-15(18)8-20-16/h6-8,12-14,17,19H,3-5,9-11H2,1-2H3. The highest BCUT2D eigenvalue weighted by Gasteiger charge is 2.36. The first-order chi connectivity index (χ1) is 10.2. The Kier molecular flexibility index (Phi) is 4.55. The van der Waals surface area contributed by atoms with Gasteiger partial charge < -0.3 is 10.2 Å². The van der Waals surface area contributed by atoms with Gasteiger partial charge in [-0.1, -0.05) is 13.3 Å². The van der Waals surface area contributed by atoms with Gasteiger partial charge in [0.15, 0.2) is 0 Å². The molecule has 116 valence electrons. The van der Waals surface area contributed by atoms with E-state index in [4.69, 9.17) is 0 Å². The lowest BCUT2D eigenvalue weighted by molar-refractivity contribution is 0.236. The van der Waals surface area contributed by atoms with Crippen LogP contribution < -0.4 is 5.32 Å². The Morgan fingerprint density at radius 3 is 2.62 bits per heavy atom. The van der Waals surface area contributed by atoms with Crippen LogP contribution >= 0.6 is 0 Å². The summed E-state index contributed by atoms with van der Waals surface area (Å²) < 4.78 is 13.0. The lowest BCUT2D eigenvalue weighted by Gasteiger charge is -2.28. The second-order valence-corrected chi connectivity index (χ2v) is 6.81. The molecule has 1 saturated carbocycles. The van der Waals surface area contributed by atoms with E-state index >= 15 is 0 Å². The molecule has 0 aromatic carbocycles. The Balaban J connectivity index is 1.60. The van der Waals surface area contributed by atoms with Crippen LogP contribution in [-0.4, -0.2) is 36.6 Å². The van der Waals surface area contributed by atoms with Crippen molar-refractivity contribution in [1.29, 1.82) is 0 Å². The summed E-state index contributed by atoms with van der Waals surface area (Å²) >= 11 is 0. The number of hydrogen-bond donors (Lipinski definition) is 1. The van der Waals surface area contributed by atoms with Gasteiger partial charge in [0.05, 0.1) is 17.9 Å². The third kappa shape index (κ3) is 3.27. The van der Waals surface area contributed by atoms with E-state index < -0.39 is 0 Å². The van der Waals surface area contributed by atoms with Crippen LogP contribution in [0.3, 0.4) is 0 Å². The molecule has 1 aromatic heterocycles. The van der Waals surface area contributed by atoms with Crippen LogP contribution in [0.25, 0.3) is 0 Å². The smallest absolute Gasteiger partial charge is 0.141 e. The first-order valence-corrected chi connectivity index (χ1v) is 8.18. The summed E-state index contributed by atoms with van der Waals surface area (Å²) in [5, 5.41) is 3.35. The van der Waals surface area contributed by atoms with Crippen LogP contribution in [0.5, 0.6) is 0 Å². The van der Waals surface area contributed by atoms with E-state index in [2.05, 4.69) is 22.1 Å². The fourth-order valence-corrected chi connectivity index (χ4v) is 4.29. The normalized spacial score (nSPS) is 28.5. The maximum atomic E-state index is 13.0. The number of aromatic nitrogens is 1. The van der Waals surface area contributed by atoms with Gasteiger partial charge in [-0.3, -0.25) is 4.98 Å². The average Bonchev–Trinajstić information content (AvgIpc) is 3.02. The van der Waals surface area contributed by atoms with Gasteiger partial charge in [-0.2, -0.15) is 0 Å². The Morgan fingerprint density at radius 2 is 2.05 bits per heavy atom. The van der Waals surface area contributed by atoms with Crippen molar-refractivity contribution in [3.05, 3.63) is 29.8 Å². The van der Waals surface area contributed by atoms with Gasteiger partial charge >= 0.3 is 0 Å². The Labute approximate surface area is 126 Å². The van der Waals surface area contributed by atoms with Crippen molar-refractivity contribution in [3.8, 4) is 0 Å². The van der Waals surface area contributed by atoms with Gasteiger partial charge in [0.1, 0.15) is 5.82 Å². The van der Waals surface area contributed by atoms with E-state index in [1.807, 2.05) is 7.05 Å². The van der Waals surface area contributed by atoms with Gasteiger partial charge in [-0.05, 0) is 49.8 Å². The highest BCUT2D eigenvalue weighted by molar-refractivity contribution is 5.11. The van der Waals surface area contributed by atoms with Gasteiger partial charge in [0, 0.05) is 19.6 Å². The minimum atomic E-state index is -0.270. The summed E-state index contributed by atoms with van der Waals surface area (Å²) in [5.74, 6) is 2.07. The van der Waals surface area contributed by atoms with Crippen LogP contribution in [0.2, 0.25) is 0 Å². The second kappa shape index (κ2) is 6.41. The summed E-state index contributed by atoms with van der Waals surface area (Å²) in [5.41, 5.74) is 0.936. The summed E-state index contributed by atoms with van der Waals surface area (Å²) in [6, 6.07) is 3.48. The molecule has 1 aromatic rings. The SMILES string of the molecule is CNC(c1ccc(F)cn1)C(C)CN1CC2CCCC2C1. The number of nitrogens with one attached hydrogen (secondary N) is 1. The highest BCUT2D eigenvalue weighted by atomic mass is 19.1. The minimum absolute atomic E-state index is 0.186. The quantitative estimate of drug-likeness (QED) is 0.904. The molecule has 4 heteroatoms. The van der Waals surface area contributed by atoms with E-state index in [-0.39, 0.29) is 11.9 Å². The summed E-state index contributed by atoms with van der Waals surface area (Å²) in [6.45, 7) is 5.89. The van der Waals surface area contributed by atoms with Crippen LogP contribution in [-0.2, 0) is 0 Å². The highest BCUT2D eigenvalue weighted by Crippen LogP contribution is 2.38. The molecule has 0 spiro atoms. The van der Waals surface area contributed by atoms with Crippen molar-refractivity contribution in [2.45, 2.75) is 32.2 Å². The molecule has 2 aliphatic rings. The van der Waals surface area contributed by atoms with E-state index in [0.717, 1.165) is 24.1 Å². The molecule has 1 N–H and O–H groups in total. The molecule has 1 aliphatic carbocycles.